The summed E-state index contributed by atoms with van der Waals surface area (Å²) in [5.74, 6) is 0.878. The zero-order chi connectivity index (χ0) is 11.8. The van der Waals surface area contributed by atoms with E-state index in [1.807, 2.05) is 13.8 Å². The molecule has 1 unspecified atom stereocenters. The van der Waals surface area contributed by atoms with Crippen molar-refractivity contribution in [2.24, 2.45) is 17.6 Å². The van der Waals surface area contributed by atoms with E-state index < -0.39 is 0 Å². The van der Waals surface area contributed by atoms with Crippen molar-refractivity contribution in [2.45, 2.75) is 53.0 Å². The highest BCUT2D eigenvalue weighted by Crippen LogP contribution is 2.09. The summed E-state index contributed by atoms with van der Waals surface area (Å²) in [7, 11) is 0. The molecule has 0 aliphatic carbocycles. The van der Waals surface area contributed by atoms with Crippen LogP contribution in [0.25, 0.3) is 0 Å². The fourth-order valence-corrected chi connectivity index (χ4v) is 1.76. The minimum atomic E-state index is 0.137. The lowest BCUT2D eigenvalue weighted by Gasteiger charge is -2.21. The number of hydrogen-bond acceptors (Lipinski definition) is 2. The first kappa shape index (κ1) is 14.4. The van der Waals surface area contributed by atoms with Crippen LogP contribution in [0.1, 0.15) is 47.0 Å². The Labute approximate surface area is 93.8 Å². The summed E-state index contributed by atoms with van der Waals surface area (Å²) < 4.78 is 0. The lowest BCUT2D eigenvalue weighted by Crippen LogP contribution is -2.43. The van der Waals surface area contributed by atoms with Crippen molar-refractivity contribution in [2.75, 3.05) is 6.54 Å². The molecule has 0 radical (unpaired) electrons. The van der Waals surface area contributed by atoms with E-state index in [2.05, 4.69) is 19.2 Å². The Morgan fingerprint density at radius 1 is 1.27 bits per heavy atom. The summed E-state index contributed by atoms with van der Waals surface area (Å²) in [6.07, 6.45) is 2.77. The molecule has 3 heteroatoms. The Bertz CT molecular complexity index is 176. The van der Waals surface area contributed by atoms with Crippen LogP contribution < -0.4 is 11.1 Å². The van der Waals surface area contributed by atoms with Crippen LogP contribution in [0.5, 0.6) is 0 Å². The second kappa shape index (κ2) is 7.69. The van der Waals surface area contributed by atoms with Crippen molar-refractivity contribution in [3.05, 3.63) is 0 Å². The molecule has 3 nitrogen and oxygen atoms in total. The van der Waals surface area contributed by atoms with Crippen LogP contribution in [0.2, 0.25) is 0 Å². The summed E-state index contributed by atoms with van der Waals surface area (Å²) >= 11 is 0. The van der Waals surface area contributed by atoms with Crippen molar-refractivity contribution >= 4 is 5.91 Å². The summed E-state index contributed by atoms with van der Waals surface area (Å²) in [5, 5.41) is 3.04. The first-order valence-electron chi connectivity index (χ1n) is 6.05. The number of nitrogens with two attached hydrogens (primary N) is 1. The van der Waals surface area contributed by atoms with E-state index in [1.165, 1.54) is 0 Å². The molecule has 0 fully saturated rings. The van der Waals surface area contributed by atoms with Gasteiger partial charge >= 0.3 is 0 Å². The van der Waals surface area contributed by atoms with Gasteiger partial charge in [0.05, 0.1) is 0 Å². The van der Waals surface area contributed by atoms with E-state index in [0.29, 0.717) is 12.5 Å². The summed E-state index contributed by atoms with van der Waals surface area (Å²) in [6, 6.07) is 0.137. The monoisotopic (exact) mass is 214 g/mol. The largest absolute Gasteiger partial charge is 0.352 e. The van der Waals surface area contributed by atoms with E-state index in [0.717, 1.165) is 19.3 Å². The Morgan fingerprint density at radius 2 is 1.80 bits per heavy atom. The van der Waals surface area contributed by atoms with E-state index in [1.54, 1.807) is 0 Å². The minimum Gasteiger partial charge on any atom is -0.352 e. The van der Waals surface area contributed by atoms with E-state index >= 15 is 0 Å². The molecule has 0 heterocycles. The zero-order valence-electron chi connectivity index (χ0n) is 10.5. The van der Waals surface area contributed by atoms with Crippen LogP contribution >= 0.6 is 0 Å². The molecule has 0 aromatic carbocycles. The van der Waals surface area contributed by atoms with Crippen LogP contribution in [0.15, 0.2) is 0 Å². The Balaban J connectivity index is 4.10. The highest BCUT2D eigenvalue weighted by Gasteiger charge is 2.18. The molecule has 3 N–H and O–H groups in total. The van der Waals surface area contributed by atoms with E-state index in [9.17, 15) is 4.79 Å². The SMILES string of the molecule is CCC(CC)C(=O)NC(CN)CC(C)C. The number of nitrogens with one attached hydrogen (secondary N) is 1. The number of rotatable bonds is 7. The molecule has 0 saturated carbocycles. The fourth-order valence-electron chi connectivity index (χ4n) is 1.76. The molecule has 0 rings (SSSR count). The lowest BCUT2D eigenvalue weighted by atomic mass is 10.00. The summed E-state index contributed by atoms with van der Waals surface area (Å²) in [4.78, 5) is 11.8. The van der Waals surface area contributed by atoms with Crippen LogP contribution in [0, 0.1) is 11.8 Å². The Morgan fingerprint density at radius 3 is 2.13 bits per heavy atom. The quantitative estimate of drug-likeness (QED) is 0.680. The lowest BCUT2D eigenvalue weighted by molar-refractivity contribution is -0.125. The van der Waals surface area contributed by atoms with Gasteiger partial charge in [-0.3, -0.25) is 4.79 Å². The van der Waals surface area contributed by atoms with Gasteiger partial charge in [0.1, 0.15) is 0 Å². The maximum absolute atomic E-state index is 11.8. The third-order valence-corrected chi connectivity index (χ3v) is 2.74. The van der Waals surface area contributed by atoms with Gasteiger partial charge in [-0.2, -0.15) is 0 Å². The fraction of sp³-hybridized carbons (Fsp3) is 0.917. The van der Waals surface area contributed by atoms with Gasteiger partial charge in [0.25, 0.3) is 0 Å². The van der Waals surface area contributed by atoms with Gasteiger partial charge < -0.3 is 11.1 Å². The van der Waals surface area contributed by atoms with Gasteiger partial charge in [-0.1, -0.05) is 27.7 Å². The zero-order valence-corrected chi connectivity index (χ0v) is 10.5. The van der Waals surface area contributed by atoms with Gasteiger partial charge in [0, 0.05) is 18.5 Å². The molecule has 0 aliphatic rings. The Kier molecular flexibility index (Phi) is 7.39. The average molecular weight is 214 g/mol. The third kappa shape index (κ3) is 5.78. The molecular formula is C12H26N2O. The maximum atomic E-state index is 11.8. The van der Waals surface area contributed by atoms with Crippen LogP contribution in [-0.2, 0) is 4.79 Å². The normalized spacial score (nSPS) is 13.3. The molecule has 90 valence electrons. The third-order valence-electron chi connectivity index (χ3n) is 2.74. The molecule has 0 aromatic rings. The predicted molar refractivity (Wildman–Crippen MR) is 64.5 cm³/mol. The van der Waals surface area contributed by atoms with Crippen LogP contribution in [-0.4, -0.2) is 18.5 Å². The van der Waals surface area contributed by atoms with Crippen molar-refractivity contribution < 1.29 is 4.79 Å². The number of carbonyl (C=O) groups is 1. The highest BCUT2D eigenvalue weighted by molar-refractivity contribution is 5.78. The van der Waals surface area contributed by atoms with Gasteiger partial charge in [0.15, 0.2) is 0 Å². The van der Waals surface area contributed by atoms with Gasteiger partial charge in [-0.05, 0) is 25.2 Å². The van der Waals surface area contributed by atoms with Crippen LogP contribution in [0.4, 0.5) is 0 Å². The van der Waals surface area contributed by atoms with Gasteiger partial charge in [-0.15, -0.1) is 0 Å². The predicted octanol–water partition coefficient (Wildman–Crippen LogP) is 1.91. The number of carbonyl (C=O) groups excluding carboxylic acids is 1. The smallest absolute Gasteiger partial charge is 0.223 e. The number of hydrogen-bond donors (Lipinski definition) is 2. The summed E-state index contributed by atoms with van der Waals surface area (Å²) in [5.41, 5.74) is 5.64. The molecule has 1 atom stereocenters. The molecule has 0 aromatic heterocycles. The second-order valence-corrected chi connectivity index (χ2v) is 4.58. The van der Waals surface area contributed by atoms with Crippen molar-refractivity contribution in [3.63, 3.8) is 0 Å². The molecule has 15 heavy (non-hydrogen) atoms. The standard InChI is InChI=1S/C12H26N2O/c1-5-10(6-2)12(15)14-11(8-13)7-9(3)4/h9-11H,5-8,13H2,1-4H3,(H,14,15). The first-order valence-corrected chi connectivity index (χ1v) is 6.05. The molecule has 1 amide bonds. The maximum Gasteiger partial charge on any atom is 0.223 e. The van der Waals surface area contributed by atoms with E-state index in [-0.39, 0.29) is 17.9 Å². The summed E-state index contributed by atoms with van der Waals surface area (Å²) in [6.45, 7) is 8.92. The van der Waals surface area contributed by atoms with E-state index in [4.69, 9.17) is 5.73 Å². The molecule has 0 spiro atoms. The van der Waals surface area contributed by atoms with Crippen molar-refractivity contribution in [1.29, 1.82) is 0 Å². The van der Waals surface area contributed by atoms with Crippen LogP contribution in [0.3, 0.4) is 0 Å². The molecule has 0 saturated heterocycles. The topological polar surface area (TPSA) is 55.1 Å². The van der Waals surface area contributed by atoms with Crippen molar-refractivity contribution in [3.8, 4) is 0 Å². The average Bonchev–Trinajstić information content (AvgIpc) is 2.17. The van der Waals surface area contributed by atoms with Crippen molar-refractivity contribution in [1.82, 2.24) is 5.32 Å². The minimum absolute atomic E-state index is 0.137. The molecular weight excluding hydrogens is 188 g/mol. The second-order valence-electron chi connectivity index (χ2n) is 4.58. The number of amides is 1. The van der Waals surface area contributed by atoms with Gasteiger partial charge in [-0.25, -0.2) is 0 Å². The molecule has 0 aliphatic heterocycles. The van der Waals surface area contributed by atoms with Gasteiger partial charge in [0.2, 0.25) is 5.91 Å². The Hall–Kier alpha value is -0.570. The highest BCUT2D eigenvalue weighted by atomic mass is 16.1. The molecule has 0 bridgehead atoms. The first-order chi connectivity index (χ1) is 7.04.